The summed E-state index contributed by atoms with van der Waals surface area (Å²) in [5.74, 6) is 0.0470. The van der Waals surface area contributed by atoms with Crippen LogP contribution in [0.1, 0.15) is 22.3 Å². The maximum absolute atomic E-state index is 9.60. The maximum Gasteiger partial charge on any atom is 0.124 e. The van der Waals surface area contributed by atoms with Crippen molar-refractivity contribution >= 4 is 12.4 Å². The normalized spacial score (nSPS) is 11.4. The summed E-state index contributed by atoms with van der Waals surface area (Å²) in [6.45, 7) is 0. The van der Waals surface area contributed by atoms with Crippen molar-refractivity contribution in [3.05, 3.63) is 58.7 Å². The van der Waals surface area contributed by atoms with E-state index >= 15 is 0 Å². The largest absolute Gasteiger partial charge is 0.507 e. The highest BCUT2D eigenvalue weighted by atomic mass is 16.4. The lowest BCUT2D eigenvalue weighted by atomic mass is 10.0. The van der Waals surface area contributed by atoms with Gasteiger partial charge in [-0.05, 0) is 41.8 Å². The molecule has 21 heavy (non-hydrogen) atoms. The molecule has 0 aliphatic rings. The second-order valence-electron chi connectivity index (χ2n) is 4.45. The molecule has 0 aromatic heterocycles. The van der Waals surface area contributed by atoms with Crippen LogP contribution in [-0.2, 0) is 6.42 Å². The van der Waals surface area contributed by atoms with Crippen molar-refractivity contribution in [2.45, 2.75) is 6.42 Å². The Labute approximate surface area is 120 Å². The van der Waals surface area contributed by atoms with Gasteiger partial charge < -0.3 is 20.6 Å². The maximum atomic E-state index is 9.60. The van der Waals surface area contributed by atoms with Crippen molar-refractivity contribution in [3.8, 4) is 11.5 Å². The average Bonchev–Trinajstić information content (AvgIpc) is 2.47. The molecule has 0 spiro atoms. The van der Waals surface area contributed by atoms with E-state index in [1.165, 1.54) is 12.1 Å². The quantitative estimate of drug-likeness (QED) is 0.393. The molecule has 6 heteroatoms. The van der Waals surface area contributed by atoms with Gasteiger partial charge in [-0.1, -0.05) is 22.4 Å². The third kappa shape index (κ3) is 3.50. The van der Waals surface area contributed by atoms with Crippen LogP contribution >= 0.6 is 0 Å². The Morgan fingerprint density at radius 3 is 1.57 bits per heavy atom. The molecule has 2 aromatic carbocycles. The van der Waals surface area contributed by atoms with E-state index in [1.54, 1.807) is 24.3 Å². The monoisotopic (exact) mass is 286 g/mol. The predicted molar refractivity (Wildman–Crippen MR) is 77.8 cm³/mol. The van der Waals surface area contributed by atoms with Gasteiger partial charge in [-0.15, -0.1) is 0 Å². The average molecular weight is 286 g/mol. The molecule has 0 bridgehead atoms. The summed E-state index contributed by atoms with van der Waals surface area (Å²) >= 11 is 0. The van der Waals surface area contributed by atoms with Gasteiger partial charge in [-0.25, -0.2) is 0 Å². The fourth-order valence-corrected chi connectivity index (χ4v) is 1.99. The van der Waals surface area contributed by atoms with E-state index in [4.69, 9.17) is 10.4 Å². The van der Waals surface area contributed by atoms with E-state index in [2.05, 4.69) is 10.3 Å². The Balaban J connectivity index is 2.30. The number of hydrogen-bond donors (Lipinski definition) is 4. The molecule has 0 radical (unpaired) electrons. The van der Waals surface area contributed by atoms with E-state index in [0.717, 1.165) is 23.6 Å². The number of oxime groups is 2. The Morgan fingerprint density at radius 2 is 1.19 bits per heavy atom. The van der Waals surface area contributed by atoms with Gasteiger partial charge in [0.25, 0.3) is 0 Å². The molecule has 0 unspecified atom stereocenters. The number of phenols is 2. The summed E-state index contributed by atoms with van der Waals surface area (Å²) in [6, 6.07) is 9.92. The fourth-order valence-electron chi connectivity index (χ4n) is 1.99. The van der Waals surface area contributed by atoms with Gasteiger partial charge in [0.05, 0.1) is 12.4 Å². The van der Waals surface area contributed by atoms with E-state index in [1.807, 2.05) is 0 Å². The van der Waals surface area contributed by atoms with Crippen LogP contribution in [0, 0.1) is 0 Å². The molecule has 0 saturated carbocycles. The summed E-state index contributed by atoms with van der Waals surface area (Å²) in [7, 11) is 0. The van der Waals surface area contributed by atoms with Crippen molar-refractivity contribution in [2.75, 3.05) is 0 Å². The lowest BCUT2D eigenvalue weighted by Gasteiger charge is -2.06. The molecular weight excluding hydrogens is 272 g/mol. The van der Waals surface area contributed by atoms with Crippen LogP contribution in [0.25, 0.3) is 0 Å². The zero-order valence-corrected chi connectivity index (χ0v) is 11.0. The molecule has 0 fully saturated rings. The van der Waals surface area contributed by atoms with Crippen molar-refractivity contribution in [3.63, 3.8) is 0 Å². The van der Waals surface area contributed by atoms with Crippen LogP contribution < -0.4 is 0 Å². The van der Waals surface area contributed by atoms with Gasteiger partial charge in [0, 0.05) is 11.1 Å². The van der Waals surface area contributed by atoms with Gasteiger partial charge in [-0.3, -0.25) is 0 Å². The molecule has 0 saturated heterocycles. The van der Waals surface area contributed by atoms with Gasteiger partial charge in [0.2, 0.25) is 0 Å². The Morgan fingerprint density at radius 1 is 0.762 bits per heavy atom. The number of hydrogen-bond acceptors (Lipinski definition) is 6. The fraction of sp³-hybridized carbons (Fsp3) is 0.0667. The van der Waals surface area contributed by atoms with Crippen molar-refractivity contribution in [2.24, 2.45) is 10.3 Å². The second kappa shape index (κ2) is 6.42. The number of nitrogens with zero attached hydrogens (tertiary/aromatic N) is 2. The first kappa shape index (κ1) is 14.4. The summed E-state index contributed by atoms with van der Waals surface area (Å²) in [5, 5.41) is 42.1. The first-order chi connectivity index (χ1) is 10.1. The minimum atomic E-state index is 0.0235. The molecule has 0 atom stereocenters. The Kier molecular flexibility index (Phi) is 4.40. The van der Waals surface area contributed by atoms with Crippen LogP contribution in [0.3, 0.4) is 0 Å². The van der Waals surface area contributed by atoms with Gasteiger partial charge in [0.15, 0.2) is 0 Å². The van der Waals surface area contributed by atoms with Crippen LogP contribution in [0.5, 0.6) is 11.5 Å². The van der Waals surface area contributed by atoms with Gasteiger partial charge in [0.1, 0.15) is 11.5 Å². The van der Waals surface area contributed by atoms with Crippen molar-refractivity contribution in [1.82, 2.24) is 0 Å². The molecular formula is C15H14N2O4. The molecule has 108 valence electrons. The number of benzene rings is 2. The highest BCUT2D eigenvalue weighted by Crippen LogP contribution is 2.22. The topological polar surface area (TPSA) is 106 Å². The highest BCUT2D eigenvalue weighted by molar-refractivity contribution is 5.84. The van der Waals surface area contributed by atoms with E-state index in [9.17, 15) is 10.2 Å². The van der Waals surface area contributed by atoms with Crippen LogP contribution in [0.15, 0.2) is 46.7 Å². The van der Waals surface area contributed by atoms with Crippen LogP contribution in [0.4, 0.5) is 0 Å². The third-order valence-corrected chi connectivity index (χ3v) is 2.99. The van der Waals surface area contributed by atoms with Crippen molar-refractivity contribution < 1.29 is 20.6 Å². The van der Waals surface area contributed by atoms with E-state index in [-0.39, 0.29) is 11.5 Å². The number of phenolic OH excluding ortho intramolecular Hbond substituents is 2. The molecule has 2 rings (SSSR count). The number of aromatic hydroxyl groups is 2. The molecule has 0 aliphatic heterocycles. The van der Waals surface area contributed by atoms with Gasteiger partial charge in [-0.2, -0.15) is 0 Å². The van der Waals surface area contributed by atoms with E-state index in [0.29, 0.717) is 17.5 Å². The zero-order chi connectivity index (χ0) is 15.2. The standard InChI is InChI=1S/C15H14N2O4/c18-14-3-1-10(6-12(14)8-16-20)5-11-2-4-15(19)13(7-11)9-17-21/h1-4,6-9,18-21H,5H2/b16-8-,17-9-. The summed E-state index contributed by atoms with van der Waals surface area (Å²) in [5.41, 5.74) is 2.59. The summed E-state index contributed by atoms with van der Waals surface area (Å²) in [6.07, 6.45) is 2.85. The molecule has 0 amide bonds. The zero-order valence-electron chi connectivity index (χ0n) is 11.0. The van der Waals surface area contributed by atoms with Crippen LogP contribution in [-0.4, -0.2) is 33.1 Å². The second-order valence-corrected chi connectivity index (χ2v) is 4.45. The predicted octanol–water partition coefficient (Wildman–Crippen LogP) is 2.30. The molecule has 4 N–H and O–H groups in total. The summed E-state index contributed by atoms with van der Waals surface area (Å²) < 4.78 is 0. The third-order valence-electron chi connectivity index (χ3n) is 2.99. The molecule has 0 aliphatic carbocycles. The Bertz CT molecular complexity index is 637. The highest BCUT2D eigenvalue weighted by Gasteiger charge is 2.05. The first-order valence-corrected chi connectivity index (χ1v) is 6.12. The van der Waals surface area contributed by atoms with E-state index < -0.39 is 0 Å². The minimum Gasteiger partial charge on any atom is -0.507 e. The van der Waals surface area contributed by atoms with Crippen molar-refractivity contribution in [1.29, 1.82) is 0 Å². The Hall–Kier alpha value is -3.02. The summed E-state index contributed by atoms with van der Waals surface area (Å²) in [4.78, 5) is 0. The van der Waals surface area contributed by atoms with Crippen LogP contribution in [0.2, 0.25) is 0 Å². The van der Waals surface area contributed by atoms with Gasteiger partial charge >= 0.3 is 0 Å². The lowest BCUT2D eigenvalue weighted by Crippen LogP contribution is -1.93. The minimum absolute atomic E-state index is 0.0235. The molecule has 6 nitrogen and oxygen atoms in total. The smallest absolute Gasteiger partial charge is 0.124 e. The molecule has 2 aromatic rings. The molecule has 0 heterocycles. The SMILES string of the molecule is O/N=C\c1cc(Cc2ccc(O)c(/C=N\O)c2)ccc1O. The first-order valence-electron chi connectivity index (χ1n) is 6.12. The lowest BCUT2D eigenvalue weighted by molar-refractivity contribution is 0.321. The number of rotatable bonds is 4.